The Morgan fingerprint density at radius 1 is 0.276 bits per heavy atom. The van der Waals surface area contributed by atoms with Gasteiger partial charge in [0.2, 0.25) is 0 Å². The summed E-state index contributed by atoms with van der Waals surface area (Å²) in [6.07, 6.45) is 3.58. The van der Waals surface area contributed by atoms with Crippen molar-refractivity contribution >= 4 is 34.1 Å². The number of para-hydroxylation sites is 5. The molecule has 58 heavy (non-hydrogen) atoms. The number of nitrogens with zero attached hydrogens (tertiary/aromatic N) is 4. The maximum absolute atomic E-state index is 4.52. The summed E-state index contributed by atoms with van der Waals surface area (Å²) in [6.45, 7) is 0. The molecule has 2 spiro atoms. The lowest BCUT2D eigenvalue weighted by Gasteiger charge is -2.56. The van der Waals surface area contributed by atoms with Gasteiger partial charge < -0.3 is 9.80 Å². The molecule has 0 radical (unpaired) electrons. The number of hydrogen-bond donors (Lipinski definition) is 0. The van der Waals surface area contributed by atoms with Gasteiger partial charge in [0.05, 0.1) is 33.6 Å². The largest absolute Gasteiger partial charge is 0.310 e. The Morgan fingerprint density at radius 2 is 0.586 bits per heavy atom. The van der Waals surface area contributed by atoms with Crippen molar-refractivity contribution in [1.29, 1.82) is 0 Å². The van der Waals surface area contributed by atoms with E-state index in [-0.39, 0.29) is 0 Å². The second-order valence-corrected chi connectivity index (χ2v) is 15.3. The van der Waals surface area contributed by atoms with Gasteiger partial charge in [-0.3, -0.25) is 0 Å². The molecule has 0 saturated carbocycles. The van der Waals surface area contributed by atoms with Gasteiger partial charge in [0.25, 0.3) is 0 Å². The Kier molecular flexibility index (Phi) is 7.02. The quantitative estimate of drug-likeness (QED) is 0.181. The predicted octanol–water partition coefficient (Wildman–Crippen LogP) is 12.8. The molecule has 12 rings (SSSR count). The molecule has 0 amide bonds. The van der Waals surface area contributed by atoms with Gasteiger partial charge in [0.15, 0.2) is 5.82 Å². The first-order valence-electron chi connectivity index (χ1n) is 19.9. The van der Waals surface area contributed by atoms with Crippen molar-refractivity contribution in [2.75, 3.05) is 9.80 Å². The second kappa shape index (κ2) is 12.5. The van der Waals surface area contributed by atoms with E-state index in [1.807, 2.05) is 6.07 Å². The fourth-order valence-corrected chi connectivity index (χ4v) is 10.6. The third-order valence-corrected chi connectivity index (χ3v) is 12.6. The van der Waals surface area contributed by atoms with Crippen molar-refractivity contribution in [3.8, 4) is 11.4 Å². The highest BCUT2D eigenvalue weighted by atomic mass is 15.2. The lowest BCUT2D eigenvalue weighted by molar-refractivity contribution is 0.607. The van der Waals surface area contributed by atoms with E-state index in [2.05, 4.69) is 220 Å². The molecule has 4 nitrogen and oxygen atoms in total. The highest BCUT2D eigenvalue weighted by molar-refractivity contribution is 5.95. The summed E-state index contributed by atoms with van der Waals surface area (Å²) in [4.78, 5) is 13.9. The lowest BCUT2D eigenvalue weighted by Crippen LogP contribution is -2.49. The molecule has 8 aromatic carbocycles. The van der Waals surface area contributed by atoms with Crippen LogP contribution in [0.4, 0.5) is 34.1 Å². The fourth-order valence-electron chi connectivity index (χ4n) is 10.6. The summed E-state index contributed by atoms with van der Waals surface area (Å²) in [6, 6.07) is 76.0. The summed E-state index contributed by atoms with van der Waals surface area (Å²) >= 11 is 0. The summed E-state index contributed by atoms with van der Waals surface area (Å²) in [5.41, 5.74) is 16.9. The maximum atomic E-state index is 4.52. The Balaban J connectivity index is 1.17. The van der Waals surface area contributed by atoms with E-state index in [1.54, 1.807) is 12.4 Å². The van der Waals surface area contributed by atoms with Crippen LogP contribution in [0.1, 0.15) is 44.5 Å². The molecule has 0 N–H and O–H groups in total. The van der Waals surface area contributed by atoms with Crippen molar-refractivity contribution in [1.82, 2.24) is 9.97 Å². The van der Waals surface area contributed by atoms with Crippen LogP contribution < -0.4 is 9.80 Å². The van der Waals surface area contributed by atoms with E-state index >= 15 is 0 Å². The van der Waals surface area contributed by atoms with Crippen LogP contribution in [0.25, 0.3) is 11.4 Å². The first kappa shape index (κ1) is 32.7. The fraction of sp³-hybridized carbons (Fsp3) is 0.0370. The zero-order valence-corrected chi connectivity index (χ0v) is 31.6. The van der Waals surface area contributed by atoms with Gasteiger partial charge >= 0.3 is 0 Å². The third-order valence-electron chi connectivity index (χ3n) is 12.6. The minimum Gasteiger partial charge on any atom is -0.310 e. The highest BCUT2D eigenvalue weighted by Crippen LogP contribution is 2.67. The van der Waals surface area contributed by atoms with Crippen LogP contribution in [0, 0.1) is 0 Å². The van der Waals surface area contributed by atoms with Crippen LogP contribution in [0.3, 0.4) is 0 Å². The van der Waals surface area contributed by atoms with Crippen molar-refractivity contribution in [3.63, 3.8) is 0 Å². The topological polar surface area (TPSA) is 32.3 Å². The van der Waals surface area contributed by atoms with Crippen molar-refractivity contribution in [2.24, 2.45) is 0 Å². The number of anilines is 6. The number of fused-ring (bicyclic) bond motifs is 14. The molecule has 2 aliphatic heterocycles. The zero-order valence-electron chi connectivity index (χ0n) is 31.6. The average molecular weight is 741 g/mol. The van der Waals surface area contributed by atoms with Gasteiger partial charge in [0, 0.05) is 29.3 Å². The van der Waals surface area contributed by atoms with Gasteiger partial charge in [-0.1, -0.05) is 140 Å². The maximum Gasteiger partial charge on any atom is 0.159 e. The second-order valence-electron chi connectivity index (χ2n) is 15.3. The highest BCUT2D eigenvalue weighted by Gasteiger charge is 2.58. The molecule has 1 aromatic heterocycles. The van der Waals surface area contributed by atoms with Crippen molar-refractivity contribution in [3.05, 3.63) is 263 Å². The molecule has 272 valence electrons. The van der Waals surface area contributed by atoms with E-state index < -0.39 is 10.8 Å². The van der Waals surface area contributed by atoms with E-state index in [9.17, 15) is 0 Å². The van der Waals surface area contributed by atoms with Gasteiger partial charge in [-0.25, -0.2) is 9.97 Å². The number of rotatable bonds is 3. The number of aromatic nitrogens is 2. The SMILES string of the molecule is c1ccc(N2c3ccccc3C3(c4ccccc42)c2ccccc2C2(c4ccccc4N(c4ccc(-c5ncccn5)cc4)c4ccccc42)c2ccccc23)cc1. The number of benzene rings is 8. The van der Waals surface area contributed by atoms with Crippen LogP contribution in [-0.4, -0.2) is 9.97 Å². The molecule has 1 aliphatic carbocycles. The van der Waals surface area contributed by atoms with Crippen molar-refractivity contribution in [2.45, 2.75) is 10.8 Å². The lowest BCUT2D eigenvalue weighted by atomic mass is 9.49. The average Bonchev–Trinajstić information content (AvgIpc) is 3.31. The molecule has 3 aliphatic rings. The molecule has 0 bridgehead atoms. The summed E-state index contributed by atoms with van der Waals surface area (Å²) < 4.78 is 0. The van der Waals surface area contributed by atoms with Crippen LogP contribution in [0.5, 0.6) is 0 Å². The Morgan fingerprint density at radius 3 is 0.966 bits per heavy atom. The van der Waals surface area contributed by atoms with Crippen LogP contribution in [-0.2, 0) is 10.8 Å². The first-order valence-corrected chi connectivity index (χ1v) is 19.9. The van der Waals surface area contributed by atoms with Crippen molar-refractivity contribution < 1.29 is 0 Å². The first-order chi connectivity index (χ1) is 28.8. The molecule has 0 atom stereocenters. The molecular weight excluding hydrogens is 705 g/mol. The summed E-state index contributed by atoms with van der Waals surface area (Å²) in [5.74, 6) is 0.717. The smallest absolute Gasteiger partial charge is 0.159 e. The molecule has 3 heterocycles. The molecule has 4 heteroatoms. The van der Waals surface area contributed by atoms with Crippen LogP contribution in [0.2, 0.25) is 0 Å². The predicted molar refractivity (Wildman–Crippen MR) is 234 cm³/mol. The standard InChI is InChI=1S/C54H36N4/c1-2-17-38(18-3-1)57-48-27-12-8-23-44(48)53(45-24-9-13-28-49(45)57)40-19-4-6-21-42(40)54(43-22-7-5-20-41(43)53)46-25-10-14-29-50(46)58(51-30-15-11-26-47(51)54)39-33-31-37(32-34-39)52-55-35-16-36-56-52/h1-36H. The Hall–Kier alpha value is -7.56. The minimum absolute atomic E-state index is 0.604. The molecule has 0 unspecified atom stereocenters. The molecule has 9 aromatic rings. The van der Waals surface area contributed by atoms with E-state index in [0.717, 1.165) is 34.1 Å². The molecule has 0 saturated heterocycles. The Bertz CT molecular complexity index is 2880. The molecular formula is C54H36N4. The third kappa shape index (κ3) is 4.24. The van der Waals surface area contributed by atoms with Gasteiger partial charge in [-0.2, -0.15) is 0 Å². The van der Waals surface area contributed by atoms with Gasteiger partial charge in [-0.05, 0) is 111 Å². The number of hydrogen-bond acceptors (Lipinski definition) is 4. The van der Waals surface area contributed by atoms with E-state index in [4.69, 9.17) is 0 Å². The normalized spacial score (nSPS) is 14.8. The van der Waals surface area contributed by atoms with Gasteiger partial charge in [0.1, 0.15) is 0 Å². The molecule has 0 fully saturated rings. The van der Waals surface area contributed by atoms with Crippen LogP contribution in [0.15, 0.2) is 219 Å². The van der Waals surface area contributed by atoms with Crippen LogP contribution >= 0.6 is 0 Å². The van der Waals surface area contributed by atoms with E-state index in [1.165, 1.54) is 55.9 Å². The van der Waals surface area contributed by atoms with E-state index in [0.29, 0.717) is 0 Å². The summed E-state index contributed by atoms with van der Waals surface area (Å²) in [7, 11) is 0. The summed E-state index contributed by atoms with van der Waals surface area (Å²) in [5, 5.41) is 0. The zero-order chi connectivity index (χ0) is 38.3. The van der Waals surface area contributed by atoms with Gasteiger partial charge in [-0.15, -0.1) is 0 Å². The monoisotopic (exact) mass is 740 g/mol. The minimum atomic E-state index is -0.625. The Labute approximate surface area is 338 Å².